The zero-order chi connectivity index (χ0) is 13.8. The number of nitrogens with one attached hydrogen (secondary N) is 1. The minimum atomic E-state index is -0.871. The summed E-state index contributed by atoms with van der Waals surface area (Å²) in [6, 6.07) is 7.64. The van der Waals surface area contributed by atoms with Crippen LogP contribution in [0.25, 0.3) is 0 Å². The monoisotopic (exact) mass is 279 g/mol. The molecule has 102 valence electrons. The third kappa shape index (κ3) is 3.10. The van der Waals surface area contributed by atoms with Crippen molar-refractivity contribution in [2.75, 3.05) is 11.6 Å². The van der Waals surface area contributed by atoms with Gasteiger partial charge in [0.1, 0.15) is 0 Å². The summed E-state index contributed by atoms with van der Waals surface area (Å²) in [7, 11) is 0. The van der Waals surface area contributed by atoms with Crippen molar-refractivity contribution in [3.05, 3.63) is 29.8 Å². The number of hydrogen-bond donors (Lipinski definition) is 2. The van der Waals surface area contributed by atoms with Crippen LogP contribution in [-0.4, -0.2) is 23.2 Å². The van der Waals surface area contributed by atoms with Gasteiger partial charge in [-0.3, -0.25) is 9.59 Å². The Morgan fingerprint density at radius 1 is 1.32 bits per heavy atom. The normalized spacial score (nSPS) is 21.5. The van der Waals surface area contributed by atoms with E-state index in [1.54, 1.807) is 11.8 Å². The van der Waals surface area contributed by atoms with Gasteiger partial charge in [0, 0.05) is 11.4 Å². The molecule has 0 heterocycles. The van der Waals surface area contributed by atoms with Gasteiger partial charge in [0.15, 0.2) is 0 Å². The molecule has 1 saturated carbocycles. The van der Waals surface area contributed by atoms with Gasteiger partial charge < -0.3 is 10.4 Å². The van der Waals surface area contributed by atoms with Crippen molar-refractivity contribution in [1.29, 1.82) is 0 Å². The molecule has 0 saturated heterocycles. The average Bonchev–Trinajstić information content (AvgIpc) is 2.29. The van der Waals surface area contributed by atoms with Crippen LogP contribution in [0.3, 0.4) is 0 Å². The third-order valence-electron chi connectivity index (χ3n) is 3.50. The van der Waals surface area contributed by atoms with Gasteiger partial charge in [-0.1, -0.05) is 18.2 Å². The van der Waals surface area contributed by atoms with Crippen LogP contribution >= 0.6 is 11.8 Å². The molecule has 1 amide bonds. The number of aliphatic carboxylic acids is 1. The smallest absolute Gasteiger partial charge is 0.307 e. The maximum Gasteiger partial charge on any atom is 0.307 e. The largest absolute Gasteiger partial charge is 0.481 e. The van der Waals surface area contributed by atoms with Gasteiger partial charge in [0.2, 0.25) is 5.91 Å². The van der Waals surface area contributed by atoms with E-state index in [0.717, 1.165) is 17.0 Å². The second-order valence-corrected chi connectivity index (χ2v) is 5.57. The lowest BCUT2D eigenvalue weighted by Gasteiger charge is -2.32. The molecule has 19 heavy (non-hydrogen) atoms. The van der Waals surface area contributed by atoms with Crippen LogP contribution in [0.4, 0.5) is 5.69 Å². The maximum absolute atomic E-state index is 12.1. The van der Waals surface area contributed by atoms with E-state index in [0.29, 0.717) is 12.8 Å². The molecule has 2 rings (SSSR count). The average molecular weight is 279 g/mol. The number of carbonyl (C=O) groups is 2. The van der Waals surface area contributed by atoms with Crippen molar-refractivity contribution >= 4 is 29.3 Å². The van der Waals surface area contributed by atoms with Crippen LogP contribution in [0.1, 0.15) is 18.4 Å². The van der Waals surface area contributed by atoms with E-state index in [2.05, 4.69) is 5.32 Å². The second-order valence-electron chi connectivity index (χ2n) is 4.71. The summed E-state index contributed by atoms with van der Waals surface area (Å²) in [5, 5.41) is 11.8. The highest BCUT2D eigenvalue weighted by Gasteiger charge is 2.41. The molecule has 0 aliphatic heterocycles. The van der Waals surface area contributed by atoms with Crippen molar-refractivity contribution in [2.24, 2.45) is 11.8 Å². The number of rotatable bonds is 5. The van der Waals surface area contributed by atoms with Crippen molar-refractivity contribution in [2.45, 2.75) is 18.6 Å². The topological polar surface area (TPSA) is 66.4 Å². The van der Waals surface area contributed by atoms with Crippen LogP contribution in [0.2, 0.25) is 0 Å². The molecule has 1 fully saturated rings. The number of carbonyl (C=O) groups excluding carboxylic acids is 1. The second kappa shape index (κ2) is 6.10. The van der Waals surface area contributed by atoms with Gasteiger partial charge in [-0.15, -0.1) is 0 Å². The number of carboxylic acid groups (broad SMARTS) is 1. The van der Waals surface area contributed by atoms with Gasteiger partial charge in [0.25, 0.3) is 0 Å². The molecular weight excluding hydrogens is 262 g/mol. The first-order chi connectivity index (χ1) is 9.13. The molecule has 2 unspecified atom stereocenters. The first kappa shape index (κ1) is 13.9. The Morgan fingerprint density at radius 3 is 2.58 bits per heavy atom. The molecule has 5 heteroatoms. The van der Waals surface area contributed by atoms with E-state index >= 15 is 0 Å². The van der Waals surface area contributed by atoms with E-state index < -0.39 is 11.9 Å². The molecule has 1 aromatic rings. The molecule has 0 bridgehead atoms. The lowest BCUT2D eigenvalue weighted by molar-refractivity contribution is -0.151. The fourth-order valence-electron chi connectivity index (χ4n) is 2.26. The van der Waals surface area contributed by atoms with Crippen LogP contribution in [0, 0.1) is 11.8 Å². The van der Waals surface area contributed by atoms with Gasteiger partial charge >= 0.3 is 5.97 Å². The number of anilines is 1. The quantitative estimate of drug-likeness (QED) is 0.869. The Morgan fingerprint density at radius 2 is 2.00 bits per heavy atom. The van der Waals surface area contributed by atoms with Gasteiger partial charge in [-0.05, 0) is 30.7 Å². The predicted octanol–water partition coefficient (Wildman–Crippen LogP) is 2.60. The van der Waals surface area contributed by atoms with Crippen molar-refractivity contribution < 1.29 is 14.7 Å². The van der Waals surface area contributed by atoms with E-state index in [1.165, 1.54) is 0 Å². The molecule has 0 spiro atoms. The zero-order valence-electron chi connectivity index (χ0n) is 10.8. The molecule has 2 atom stereocenters. The molecule has 4 nitrogen and oxygen atoms in total. The van der Waals surface area contributed by atoms with Crippen LogP contribution in [0.5, 0.6) is 0 Å². The number of amides is 1. The van der Waals surface area contributed by atoms with Crippen molar-refractivity contribution in [3.8, 4) is 0 Å². The summed E-state index contributed by atoms with van der Waals surface area (Å²) in [5.41, 5.74) is 1.85. The SMILES string of the molecule is CSCc1ccccc1NC(=O)C1CCC1C(=O)O. The maximum atomic E-state index is 12.1. The lowest BCUT2D eigenvalue weighted by atomic mass is 9.73. The molecule has 1 aromatic carbocycles. The minimum absolute atomic E-state index is 0.174. The van der Waals surface area contributed by atoms with Crippen molar-refractivity contribution in [3.63, 3.8) is 0 Å². The predicted molar refractivity (Wildman–Crippen MR) is 76.1 cm³/mol. The number of benzene rings is 1. The first-order valence-corrected chi connectivity index (χ1v) is 7.63. The summed E-state index contributed by atoms with van der Waals surface area (Å²) >= 11 is 1.68. The van der Waals surface area contributed by atoms with E-state index in [1.807, 2.05) is 30.5 Å². The zero-order valence-corrected chi connectivity index (χ0v) is 11.6. The summed E-state index contributed by atoms with van der Waals surface area (Å²) in [6.07, 6.45) is 3.26. The highest BCUT2D eigenvalue weighted by molar-refractivity contribution is 7.97. The van der Waals surface area contributed by atoms with E-state index in [4.69, 9.17) is 5.11 Å². The third-order valence-corrected chi connectivity index (χ3v) is 4.10. The van der Waals surface area contributed by atoms with Crippen LogP contribution < -0.4 is 5.32 Å². The summed E-state index contributed by atoms with van der Waals surface area (Å²) in [5.74, 6) is -1.13. The minimum Gasteiger partial charge on any atom is -0.481 e. The fraction of sp³-hybridized carbons (Fsp3) is 0.429. The summed E-state index contributed by atoms with van der Waals surface area (Å²) in [6.45, 7) is 0. The first-order valence-electron chi connectivity index (χ1n) is 6.24. The van der Waals surface area contributed by atoms with Crippen LogP contribution in [-0.2, 0) is 15.3 Å². The molecule has 0 aromatic heterocycles. The summed E-state index contributed by atoms with van der Waals surface area (Å²) < 4.78 is 0. The standard InChI is InChI=1S/C14H17NO3S/c1-19-8-9-4-2-3-5-12(9)15-13(16)10-6-7-11(10)14(17)18/h2-5,10-11H,6-8H2,1H3,(H,15,16)(H,17,18). The molecule has 1 aliphatic rings. The van der Waals surface area contributed by atoms with E-state index in [9.17, 15) is 9.59 Å². The number of thioether (sulfide) groups is 1. The van der Waals surface area contributed by atoms with Crippen LogP contribution in [0.15, 0.2) is 24.3 Å². The van der Waals surface area contributed by atoms with Gasteiger partial charge in [-0.2, -0.15) is 11.8 Å². The Hall–Kier alpha value is -1.49. The van der Waals surface area contributed by atoms with Gasteiger partial charge in [0.05, 0.1) is 11.8 Å². The highest BCUT2D eigenvalue weighted by Crippen LogP contribution is 2.35. The number of hydrogen-bond acceptors (Lipinski definition) is 3. The fourth-order valence-corrected chi connectivity index (χ4v) is 2.82. The van der Waals surface area contributed by atoms with Crippen molar-refractivity contribution in [1.82, 2.24) is 0 Å². The Labute approximate surface area is 116 Å². The molecular formula is C14H17NO3S. The Bertz CT molecular complexity index is 489. The lowest BCUT2D eigenvalue weighted by Crippen LogP contribution is -2.41. The number of para-hydroxylation sites is 1. The van der Waals surface area contributed by atoms with Gasteiger partial charge in [-0.25, -0.2) is 0 Å². The summed E-state index contributed by atoms with van der Waals surface area (Å²) in [4.78, 5) is 23.0. The molecule has 2 N–H and O–H groups in total. The number of carboxylic acids is 1. The highest BCUT2D eigenvalue weighted by atomic mass is 32.2. The Kier molecular flexibility index (Phi) is 4.47. The molecule has 0 radical (unpaired) electrons. The molecule has 1 aliphatic carbocycles. The van der Waals surface area contributed by atoms with E-state index in [-0.39, 0.29) is 11.8 Å². The Balaban J connectivity index is 2.05.